The van der Waals surface area contributed by atoms with E-state index in [1.54, 1.807) is 7.05 Å². The Morgan fingerprint density at radius 2 is 2.25 bits per heavy atom. The van der Waals surface area contributed by atoms with Gasteiger partial charge in [0.1, 0.15) is 0 Å². The smallest absolute Gasteiger partial charge is 0.317 e. The average Bonchev–Trinajstić information content (AvgIpc) is 2.08. The molecule has 1 aliphatic heterocycles. The van der Waals surface area contributed by atoms with E-state index in [0.717, 1.165) is 12.3 Å². The van der Waals surface area contributed by atoms with Gasteiger partial charge in [0.05, 0.1) is 0 Å². The van der Waals surface area contributed by atoms with Gasteiger partial charge in [-0.3, -0.25) is 0 Å². The summed E-state index contributed by atoms with van der Waals surface area (Å²) in [5.41, 5.74) is 0. The number of urea groups is 1. The Hall–Kier alpha value is -0.380. The quantitative estimate of drug-likeness (QED) is 0.618. The third kappa shape index (κ3) is 1.86. The van der Waals surface area contributed by atoms with Crippen molar-refractivity contribution in [1.29, 1.82) is 0 Å². The molecule has 2 atom stereocenters. The Balaban J connectivity index is 2.57. The van der Waals surface area contributed by atoms with Gasteiger partial charge < -0.3 is 10.2 Å². The van der Waals surface area contributed by atoms with E-state index in [2.05, 4.69) is 19.2 Å². The number of nitrogens with one attached hydrogen (secondary N) is 1. The van der Waals surface area contributed by atoms with Crippen molar-refractivity contribution in [1.82, 2.24) is 10.2 Å². The molecule has 12 heavy (non-hydrogen) atoms. The van der Waals surface area contributed by atoms with Crippen LogP contribution < -0.4 is 5.32 Å². The molecule has 0 saturated carbocycles. The first-order valence-corrected chi connectivity index (χ1v) is 5.31. The van der Waals surface area contributed by atoms with Crippen molar-refractivity contribution in [3.8, 4) is 0 Å². The van der Waals surface area contributed by atoms with Crippen LogP contribution in [0, 0.1) is 0 Å². The minimum atomic E-state index is 0.0506. The van der Waals surface area contributed by atoms with Crippen LogP contribution in [0.2, 0.25) is 0 Å². The van der Waals surface area contributed by atoms with E-state index in [9.17, 15) is 4.79 Å². The monoisotopic (exact) mass is 188 g/mol. The normalized spacial score (nSPS) is 30.1. The Morgan fingerprint density at radius 3 is 2.83 bits per heavy atom. The van der Waals surface area contributed by atoms with Crippen LogP contribution in [0.1, 0.15) is 13.8 Å². The van der Waals surface area contributed by atoms with Gasteiger partial charge >= 0.3 is 6.03 Å². The van der Waals surface area contributed by atoms with Crippen molar-refractivity contribution in [2.45, 2.75) is 25.1 Å². The topological polar surface area (TPSA) is 32.3 Å². The maximum Gasteiger partial charge on any atom is 0.317 e. The molecule has 4 heteroatoms. The van der Waals surface area contributed by atoms with E-state index in [-0.39, 0.29) is 6.03 Å². The van der Waals surface area contributed by atoms with Crippen LogP contribution >= 0.6 is 11.8 Å². The van der Waals surface area contributed by atoms with Crippen LogP contribution in [0.25, 0.3) is 0 Å². The van der Waals surface area contributed by atoms with Crippen LogP contribution in [0.5, 0.6) is 0 Å². The van der Waals surface area contributed by atoms with Crippen molar-refractivity contribution in [3.63, 3.8) is 0 Å². The van der Waals surface area contributed by atoms with E-state index < -0.39 is 0 Å². The molecule has 2 unspecified atom stereocenters. The fourth-order valence-corrected chi connectivity index (χ4v) is 2.46. The summed E-state index contributed by atoms with van der Waals surface area (Å²) < 4.78 is 0. The standard InChI is InChI=1S/C8H16N2OS/c1-6-7(2)12-5-4-10(6)8(11)9-3/h6-7H,4-5H2,1-3H3,(H,9,11). The molecule has 0 aromatic heterocycles. The second-order valence-corrected chi connectivity index (χ2v) is 4.55. The maximum absolute atomic E-state index is 11.3. The van der Waals surface area contributed by atoms with Crippen LogP contribution in [0.3, 0.4) is 0 Å². The molecule has 1 rings (SSSR count). The van der Waals surface area contributed by atoms with Gasteiger partial charge in [-0.2, -0.15) is 11.8 Å². The highest BCUT2D eigenvalue weighted by Crippen LogP contribution is 2.23. The van der Waals surface area contributed by atoms with E-state index in [4.69, 9.17) is 0 Å². The van der Waals surface area contributed by atoms with Crippen LogP contribution in [-0.4, -0.2) is 41.6 Å². The van der Waals surface area contributed by atoms with Crippen LogP contribution in [0.4, 0.5) is 4.79 Å². The first kappa shape index (κ1) is 9.71. The molecule has 0 bridgehead atoms. The van der Waals surface area contributed by atoms with Crippen molar-refractivity contribution in [3.05, 3.63) is 0 Å². The molecule has 1 heterocycles. The fourth-order valence-electron chi connectivity index (χ4n) is 1.36. The summed E-state index contributed by atoms with van der Waals surface area (Å²) >= 11 is 1.94. The predicted octanol–water partition coefficient (Wildman–Crippen LogP) is 1.15. The number of amides is 2. The lowest BCUT2D eigenvalue weighted by molar-refractivity contribution is 0.182. The van der Waals surface area contributed by atoms with E-state index in [1.165, 1.54) is 0 Å². The first-order valence-electron chi connectivity index (χ1n) is 4.26. The number of hydrogen-bond donors (Lipinski definition) is 1. The highest BCUT2D eigenvalue weighted by molar-refractivity contribution is 8.00. The minimum Gasteiger partial charge on any atom is -0.341 e. The highest BCUT2D eigenvalue weighted by atomic mass is 32.2. The summed E-state index contributed by atoms with van der Waals surface area (Å²) in [6.07, 6.45) is 0. The summed E-state index contributed by atoms with van der Waals surface area (Å²) in [6.45, 7) is 5.15. The summed E-state index contributed by atoms with van der Waals surface area (Å²) in [5.74, 6) is 1.05. The zero-order chi connectivity index (χ0) is 9.14. The Bertz CT molecular complexity index is 174. The largest absolute Gasteiger partial charge is 0.341 e. The average molecular weight is 188 g/mol. The molecular formula is C8H16N2OS. The van der Waals surface area contributed by atoms with E-state index >= 15 is 0 Å². The van der Waals surface area contributed by atoms with Gasteiger partial charge in [0, 0.05) is 30.6 Å². The number of carbonyl (C=O) groups excluding carboxylic acids is 1. The van der Waals surface area contributed by atoms with Crippen LogP contribution in [0.15, 0.2) is 0 Å². The zero-order valence-corrected chi connectivity index (χ0v) is 8.65. The summed E-state index contributed by atoms with van der Waals surface area (Å²) in [7, 11) is 1.68. The lowest BCUT2D eigenvalue weighted by atomic mass is 10.2. The summed E-state index contributed by atoms with van der Waals surface area (Å²) in [6, 6.07) is 0.401. The maximum atomic E-state index is 11.3. The Kier molecular flexibility index (Phi) is 3.26. The molecule has 0 spiro atoms. The molecule has 0 aromatic rings. The predicted molar refractivity (Wildman–Crippen MR) is 52.5 cm³/mol. The molecule has 1 fully saturated rings. The number of thioether (sulfide) groups is 1. The molecule has 0 aromatic carbocycles. The van der Waals surface area contributed by atoms with Crippen molar-refractivity contribution in [2.24, 2.45) is 0 Å². The molecule has 3 nitrogen and oxygen atoms in total. The van der Waals surface area contributed by atoms with Crippen molar-refractivity contribution < 1.29 is 4.79 Å². The number of carbonyl (C=O) groups is 1. The number of nitrogens with zero attached hydrogens (tertiary/aromatic N) is 1. The Labute approximate surface area is 77.9 Å². The van der Waals surface area contributed by atoms with Gasteiger partial charge in [0.25, 0.3) is 0 Å². The second-order valence-electron chi connectivity index (χ2n) is 3.07. The van der Waals surface area contributed by atoms with Gasteiger partial charge in [0.15, 0.2) is 0 Å². The van der Waals surface area contributed by atoms with E-state index in [1.807, 2.05) is 16.7 Å². The van der Waals surface area contributed by atoms with Gasteiger partial charge in [0.2, 0.25) is 0 Å². The summed E-state index contributed by atoms with van der Waals surface area (Å²) in [4.78, 5) is 13.2. The van der Waals surface area contributed by atoms with Gasteiger partial charge in [-0.1, -0.05) is 6.92 Å². The third-order valence-electron chi connectivity index (χ3n) is 2.36. The van der Waals surface area contributed by atoms with Gasteiger partial charge in [-0.15, -0.1) is 0 Å². The Morgan fingerprint density at radius 1 is 1.58 bits per heavy atom. The molecular weight excluding hydrogens is 172 g/mol. The molecule has 0 aliphatic carbocycles. The molecule has 2 amide bonds. The van der Waals surface area contributed by atoms with Gasteiger partial charge in [-0.25, -0.2) is 4.79 Å². The first-order chi connectivity index (χ1) is 5.66. The highest BCUT2D eigenvalue weighted by Gasteiger charge is 2.27. The molecule has 0 radical (unpaired) electrons. The molecule has 1 aliphatic rings. The molecule has 1 N–H and O–H groups in total. The fraction of sp³-hybridized carbons (Fsp3) is 0.875. The molecule has 1 saturated heterocycles. The SMILES string of the molecule is CNC(=O)N1CCSC(C)C1C. The third-order valence-corrected chi connectivity index (χ3v) is 3.70. The van der Waals surface area contributed by atoms with Crippen molar-refractivity contribution in [2.75, 3.05) is 19.3 Å². The van der Waals surface area contributed by atoms with E-state index in [0.29, 0.717) is 11.3 Å². The van der Waals surface area contributed by atoms with Gasteiger partial charge in [-0.05, 0) is 6.92 Å². The lowest BCUT2D eigenvalue weighted by Crippen LogP contribution is -2.51. The summed E-state index contributed by atoms with van der Waals surface area (Å²) in [5, 5.41) is 3.22. The van der Waals surface area contributed by atoms with Crippen LogP contribution in [-0.2, 0) is 0 Å². The zero-order valence-electron chi connectivity index (χ0n) is 7.83. The molecule has 70 valence electrons. The second kappa shape index (κ2) is 4.03. The number of rotatable bonds is 0. The van der Waals surface area contributed by atoms with Crippen molar-refractivity contribution >= 4 is 17.8 Å². The minimum absolute atomic E-state index is 0.0506. The lowest BCUT2D eigenvalue weighted by Gasteiger charge is -2.37. The number of hydrogen-bond acceptors (Lipinski definition) is 2.